The van der Waals surface area contributed by atoms with Gasteiger partial charge in [0.25, 0.3) is 0 Å². The molecule has 36 heavy (non-hydrogen) atoms. The van der Waals surface area contributed by atoms with Crippen LogP contribution in [0.3, 0.4) is 0 Å². The molecular formula is C33H24N2O. The van der Waals surface area contributed by atoms with Gasteiger partial charge in [0.2, 0.25) is 5.89 Å². The highest BCUT2D eigenvalue weighted by Crippen LogP contribution is 2.34. The maximum atomic E-state index is 5.95. The van der Waals surface area contributed by atoms with Crippen molar-refractivity contribution in [3.05, 3.63) is 145 Å². The summed E-state index contributed by atoms with van der Waals surface area (Å²) >= 11 is 0. The predicted molar refractivity (Wildman–Crippen MR) is 149 cm³/mol. The van der Waals surface area contributed by atoms with Crippen LogP contribution in [0.25, 0.3) is 34.4 Å². The molecule has 6 rings (SSSR count). The number of anilines is 3. The summed E-state index contributed by atoms with van der Waals surface area (Å²) in [6, 6.07) is 45.7. The zero-order valence-electron chi connectivity index (χ0n) is 19.7. The van der Waals surface area contributed by atoms with E-state index in [0.29, 0.717) is 5.89 Å². The van der Waals surface area contributed by atoms with Gasteiger partial charge in [-0.25, -0.2) is 4.98 Å². The molecule has 0 radical (unpaired) electrons. The quantitative estimate of drug-likeness (QED) is 0.246. The van der Waals surface area contributed by atoms with E-state index in [0.717, 1.165) is 39.3 Å². The Morgan fingerprint density at radius 1 is 0.528 bits per heavy atom. The summed E-state index contributed by atoms with van der Waals surface area (Å²) in [7, 11) is 0. The first-order valence-corrected chi connectivity index (χ1v) is 12.0. The fraction of sp³-hybridized carbons (Fsp3) is 0. The minimum atomic E-state index is 0.592. The zero-order valence-corrected chi connectivity index (χ0v) is 19.7. The lowest BCUT2D eigenvalue weighted by Crippen LogP contribution is -2.09. The number of hydrogen-bond donors (Lipinski definition) is 0. The van der Waals surface area contributed by atoms with Gasteiger partial charge in [-0.15, -0.1) is 0 Å². The standard InChI is InChI=1S/C33H24N2O/c1-4-10-26(11-5-1)27-19-22-32-31(24-27)34-33(36-32)23-18-25-16-20-30(21-17-25)35(28-12-6-2-7-13-28)29-14-8-3-9-15-29/h1-24H. The summed E-state index contributed by atoms with van der Waals surface area (Å²) in [5, 5.41) is 0. The summed E-state index contributed by atoms with van der Waals surface area (Å²) in [5.41, 5.74) is 8.34. The maximum Gasteiger partial charge on any atom is 0.220 e. The van der Waals surface area contributed by atoms with E-state index >= 15 is 0 Å². The molecule has 0 spiro atoms. The molecule has 6 aromatic rings. The normalized spacial score (nSPS) is 11.2. The van der Waals surface area contributed by atoms with Gasteiger partial charge < -0.3 is 9.32 Å². The van der Waals surface area contributed by atoms with Crippen molar-refractivity contribution < 1.29 is 4.42 Å². The summed E-state index contributed by atoms with van der Waals surface area (Å²) in [5.74, 6) is 0.592. The predicted octanol–water partition coefficient (Wildman–Crippen LogP) is 9.13. The molecular weight excluding hydrogens is 440 g/mol. The van der Waals surface area contributed by atoms with Crippen LogP contribution in [0, 0.1) is 0 Å². The van der Waals surface area contributed by atoms with Gasteiger partial charge in [-0.1, -0.05) is 84.9 Å². The molecule has 0 fully saturated rings. The molecule has 0 atom stereocenters. The van der Waals surface area contributed by atoms with Crippen LogP contribution in [0.15, 0.2) is 138 Å². The molecule has 0 saturated carbocycles. The smallest absolute Gasteiger partial charge is 0.220 e. The van der Waals surface area contributed by atoms with Gasteiger partial charge in [0.1, 0.15) is 5.52 Å². The molecule has 3 heteroatoms. The highest BCUT2D eigenvalue weighted by atomic mass is 16.3. The lowest BCUT2D eigenvalue weighted by Gasteiger charge is -2.25. The Morgan fingerprint density at radius 2 is 1.11 bits per heavy atom. The van der Waals surface area contributed by atoms with Gasteiger partial charge in [0.15, 0.2) is 5.58 Å². The number of fused-ring (bicyclic) bond motifs is 1. The summed E-state index contributed by atoms with van der Waals surface area (Å²) < 4.78 is 5.95. The average molecular weight is 465 g/mol. The Balaban J connectivity index is 1.25. The third-order valence-corrected chi connectivity index (χ3v) is 6.11. The number of oxazole rings is 1. The van der Waals surface area contributed by atoms with Crippen LogP contribution in [0.1, 0.15) is 11.5 Å². The SMILES string of the molecule is C(=Cc1nc2cc(-c3ccccc3)ccc2o1)c1ccc(N(c2ccccc2)c2ccccc2)cc1. The topological polar surface area (TPSA) is 29.3 Å². The van der Waals surface area contributed by atoms with Crippen molar-refractivity contribution in [3.63, 3.8) is 0 Å². The molecule has 5 aromatic carbocycles. The zero-order chi connectivity index (χ0) is 24.2. The van der Waals surface area contributed by atoms with Crippen LogP contribution < -0.4 is 4.90 Å². The van der Waals surface area contributed by atoms with Gasteiger partial charge in [0, 0.05) is 23.1 Å². The monoisotopic (exact) mass is 464 g/mol. The molecule has 3 nitrogen and oxygen atoms in total. The van der Waals surface area contributed by atoms with E-state index in [1.165, 1.54) is 5.56 Å². The second-order valence-corrected chi connectivity index (χ2v) is 8.53. The average Bonchev–Trinajstić information content (AvgIpc) is 3.37. The second kappa shape index (κ2) is 9.77. The summed E-state index contributed by atoms with van der Waals surface area (Å²) in [6.07, 6.45) is 3.95. The number of hydrogen-bond acceptors (Lipinski definition) is 3. The number of para-hydroxylation sites is 2. The fourth-order valence-electron chi connectivity index (χ4n) is 4.33. The minimum absolute atomic E-state index is 0.592. The molecule has 0 bridgehead atoms. The first-order valence-electron chi connectivity index (χ1n) is 12.0. The first kappa shape index (κ1) is 21.6. The number of aromatic nitrogens is 1. The Labute approximate surface area is 210 Å². The van der Waals surface area contributed by atoms with Crippen molar-refractivity contribution in [2.24, 2.45) is 0 Å². The first-order chi connectivity index (χ1) is 17.8. The van der Waals surface area contributed by atoms with Crippen LogP contribution in [0.4, 0.5) is 17.1 Å². The molecule has 1 heterocycles. The van der Waals surface area contributed by atoms with Gasteiger partial charge >= 0.3 is 0 Å². The highest BCUT2D eigenvalue weighted by Gasteiger charge is 2.11. The lowest BCUT2D eigenvalue weighted by molar-refractivity contribution is 0.590. The molecule has 0 saturated heterocycles. The van der Waals surface area contributed by atoms with Crippen LogP contribution in [-0.4, -0.2) is 4.98 Å². The molecule has 1 aromatic heterocycles. The Hall–Kier alpha value is -4.89. The molecule has 0 aliphatic rings. The number of rotatable bonds is 6. The highest BCUT2D eigenvalue weighted by molar-refractivity contribution is 5.82. The van der Waals surface area contributed by atoms with E-state index in [1.54, 1.807) is 0 Å². The van der Waals surface area contributed by atoms with Crippen LogP contribution in [0.2, 0.25) is 0 Å². The second-order valence-electron chi connectivity index (χ2n) is 8.53. The van der Waals surface area contributed by atoms with E-state index in [2.05, 4.69) is 107 Å². The van der Waals surface area contributed by atoms with E-state index in [4.69, 9.17) is 4.42 Å². The number of nitrogens with zero attached hydrogens (tertiary/aromatic N) is 2. The van der Waals surface area contributed by atoms with Crippen molar-refractivity contribution in [1.82, 2.24) is 4.98 Å². The summed E-state index contributed by atoms with van der Waals surface area (Å²) in [6.45, 7) is 0. The molecule has 0 N–H and O–H groups in total. The Bertz CT molecular complexity index is 1560. The van der Waals surface area contributed by atoms with Crippen molar-refractivity contribution in [1.29, 1.82) is 0 Å². The minimum Gasteiger partial charge on any atom is -0.437 e. The largest absolute Gasteiger partial charge is 0.437 e. The molecule has 0 aliphatic carbocycles. The fourth-order valence-corrected chi connectivity index (χ4v) is 4.33. The van der Waals surface area contributed by atoms with Crippen molar-refractivity contribution in [3.8, 4) is 11.1 Å². The molecule has 0 aliphatic heterocycles. The van der Waals surface area contributed by atoms with E-state index in [-0.39, 0.29) is 0 Å². The molecule has 0 amide bonds. The van der Waals surface area contributed by atoms with E-state index in [1.807, 2.05) is 48.6 Å². The Kier molecular flexibility index (Phi) is 5.87. The van der Waals surface area contributed by atoms with Crippen LogP contribution in [-0.2, 0) is 0 Å². The van der Waals surface area contributed by atoms with E-state index in [9.17, 15) is 0 Å². The van der Waals surface area contributed by atoms with Gasteiger partial charge in [-0.3, -0.25) is 0 Å². The van der Waals surface area contributed by atoms with Crippen molar-refractivity contribution in [2.45, 2.75) is 0 Å². The molecule has 0 unspecified atom stereocenters. The van der Waals surface area contributed by atoms with Gasteiger partial charge in [-0.2, -0.15) is 0 Å². The van der Waals surface area contributed by atoms with Crippen molar-refractivity contribution in [2.75, 3.05) is 4.90 Å². The van der Waals surface area contributed by atoms with Gasteiger partial charge in [0.05, 0.1) is 0 Å². The third kappa shape index (κ3) is 4.55. The Morgan fingerprint density at radius 3 is 1.75 bits per heavy atom. The van der Waals surface area contributed by atoms with Crippen LogP contribution >= 0.6 is 0 Å². The lowest BCUT2D eigenvalue weighted by atomic mass is 10.1. The van der Waals surface area contributed by atoms with Gasteiger partial charge in [-0.05, 0) is 71.3 Å². The van der Waals surface area contributed by atoms with E-state index < -0.39 is 0 Å². The van der Waals surface area contributed by atoms with Crippen molar-refractivity contribution >= 4 is 40.3 Å². The van der Waals surface area contributed by atoms with Crippen LogP contribution in [0.5, 0.6) is 0 Å². The summed E-state index contributed by atoms with van der Waals surface area (Å²) in [4.78, 5) is 6.93. The molecule has 172 valence electrons. The maximum absolute atomic E-state index is 5.95. The third-order valence-electron chi connectivity index (χ3n) is 6.11. The number of benzene rings is 5.